The third kappa shape index (κ3) is 5.41. The lowest BCUT2D eigenvalue weighted by Gasteiger charge is -2.40. The Morgan fingerprint density at radius 1 is 1.40 bits per heavy atom. The Labute approximate surface area is 123 Å². The molecule has 1 aliphatic heterocycles. The number of ether oxygens (including phenoxy) is 1. The fourth-order valence-corrected chi connectivity index (χ4v) is 2.75. The van der Waals surface area contributed by atoms with Gasteiger partial charge in [0.05, 0.1) is 18.6 Å². The van der Waals surface area contributed by atoms with E-state index in [2.05, 4.69) is 26.1 Å². The summed E-state index contributed by atoms with van der Waals surface area (Å²) in [6, 6.07) is 0. The molecule has 118 valence electrons. The maximum absolute atomic E-state index is 11.8. The normalized spacial score (nSPS) is 25.6. The van der Waals surface area contributed by atoms with Crippen LogP contribution in [0, 0.1) is 17.3 Å². The van der Waals surface area contributed by atoms with Crippen LogP contribution in [-0.4, -0.2) is 36.4 Å². The molecule has 1 heterocycles. The number of carbonyl (C=O) groups excluding carboxylic acids is 1. The van der Waals surface area contributed by atoms with Crippen LogP contribution >= 0.6 is 0 Å². The maximum atomic E-state index is 11.8. The molecule has 0 radical (unpaired) electrons. The third-order valence-electron chi connectivity index (χ3n) is 4.02. The van der Waals surface area contributed by atoms with Crippen molar-refractivity contribution in [2.24, 2.45) is 17.3 Å². The van der Waals surface area contributed by atoms with Gasteiger partial charge in [0.2, 0.25) is 5.91 Å². The average molecular weight is 285 g/mol. The second kappa shape index (κ2) is 7.41. The van der Waals surface area contributed by atoms with Gasteiger partial charge in [-0.1, -0.05) is 34.6 Å². The second-order valence-corrected chi connectivity index (χ2v) is 7.38. The van der Waals surface area contributed by atoms with Gasteiger partial charge in [-0.3, -0.25) is 4.79 Å². The van der Waals surface area contributed by atoms with Crippen molar-refractivity contribution < 1.29 is 14.6 Å². The van der Waals surface area contributed by atoms with Crippen molar-refractivity contribution >= 4 is 5.91 Å². The summed E-state index contributed by atoms with van der Waals surface area (Å²) in [5, 5.41) is 12.7. The first-order chi connectivity index (χ1) is 9.21. The van der Waals surface area contributed by atoms with Crippen LogP contribution < -0.4 is 5.32 Å². The molecular weight excluding hydrogens is 254 g/mol. The van der Waals surface area contributed by atoms with Gasteiger partial charge in [-0.15, -0.1) is 0 Å². The van der Waals surface area contributed by atoms with Crippen LogP contribution in [0.2, 0.25) is 0 Å². The van der Waals surface area contributed by atoms with Gasteiger partial charge in [0.1, 0.15) is 0 Å². The smallest absolute Gasteiger partial charge is 0.222 e. The average Bonchev–Trinajstić information content (AvgIpc) is 2.35. The molecule has 3 unspecified atom stereocenters. The Bertz CT molecular complexity index is 309. The molecule has 4 heteroatoms. The molecule has 4 nitrogen and oxygen atoms in total. The largest absolute Gasteiger partial charge is 0.392 e. The van der Waals surface area contributed by atoms with Crippen LogP contribution in [0.15, 0.2) is 0 Å². The first kappa shape index (κ1) is 17.4. The van der Waals surface area contributed by atoms with E-state index in [0.717, 1.165) is 19.4 Å². The molecule has 0 saturated carbocycles. The lowest BCUT2D eigenvalue weighted by molar-refractivity contribution is -0.125. The summed E-state index contributed by atoms with van der Waals surface area (Å²) in [6.45, 7) is 11.8. The highest BCUT2D eigenvalue weighted by atomic mass is 16.5. The highest BCUT2D eigenvalue weighted by Gasteiger charge is 2.35. The molecule has 0 aromatic rings. The Balaban J connectivity index is 2.44. The Kier molecular flexibility index (Phi) is 6.46. The molecule has 2 N–H and O–H groups in total. The van der Waals surface area contributed by atoms with Gasteiger partial charge >= 0.3 is 0 Å². The first-order valence-electron chi connectivity index (χ1n) is 7.78. The van der Waals surface area contributed by atoms with Crippen LogP contribution in [0.1, 0.15) is 53.9 Å². The van der Waals surface area contributed by atoms with Crippen molar-refractivity contribution in [3.8, 4) is 0 Å². The molecule has 0 aromatic heterocycles. The van der Waals surface area contributed by atoms with E-state index in [-0.39, 0.29) is 29.8 Å². The number of hydrogen-bond acceptors (Lipinski definition) is 3. The van der Waals surface area contributed by atoms with Crippen molar-refractivity contribution in [3.05, 3.63) is 0 Å². The molecule has 0 aromatic carbocycles. The number of nitrogens with one attached hydrogen (secondary N) is 1. The number of hydrogen-bond donors (Lipinski definition) is 2. The predicted octanol–water partition coefficient (Wildman–Crippen LogP) is 2.35. The molecule has 1 aliphatic rings. The zero-order valence-corrected chi connectivity index (χ0v) is 13.6. The number of aliphatic hydroxyl groups is 1. The summed E-state index contributed by atoms with van der Waals surface area (Å²) < 4.78 is 5.91. The monoisotopic (exact) mass is 285 g/mol. The molecule has 0 aliphatic carbocycles. The van der Waals surface area contributed by atoms with Crippen molar-refractivity contribution in [2.45, 2.75) is 66.1 Å². The van der Waals surface area contributed by atoms with Gasteiger partial charge in [0.25, 0.3) is 0 Å². The summed E-state index contributed by atoms with van der Waals surface area (Å²) in [5.74, 6) is 0.411. The molecule has 0 spiro atoms. The van der Waals surface area contributed by atoms with E-state index in [4.69, 9.17) is 4.74 Å². The van der Waals surface area contributed by atoms with Crippen molar-refractivity contribution in [2.75, 3.05) is 13.2 Å². The summed E-state index contributed by atoms with van der Waals surface area (Å²) in [6.07, 6.45) is 1.96. The first-order valence-corrected chi connectivity index (χ1v) is 7.78. The molecule has 3 atom stereocenters. The van der Waals surface area contributed by atoms with Crippen molar-refractivity contribution in [3.63, 3.8) is 0 Å². The summed E-state index contributed by atoms with van der Waals surface area (Å²) in [7, 11) is 0. The van der Waals surface area contributed by atoms with Gasteiger partial charge in [-0.05, 0) is 24.2 Å². The Morgan fingerprint density at radius 2 is 2.05 bits per heavy atom. The number of aliphatic hydroxyl groups excluding tert-OH is 1. The Hall–Kier alpha value is -0.610. The fraction of sp³-hybridized carbons (Fsp3) is 0.938. The van der Waals surface area contributed by atoms with E-state index in [0.29, 0.717) is 12.5 Å². The van der Waals surface area contributed by atoms with Crippen molar-refractivity contribution in [1.29, 1.82) is 0 Å². The van der Waals surface area contributed by atoms with Gasteiger partial charge in [0, 0.05) is 19.1 Å². The number of carbonyl (C=O) groups is 1. The minimum Gasteiger partial charge on any atom is -0.392 e. The van der Waals surface area contributed by atoms with E-state index in [1.54, 1.807) is 0 Å². The fourth-order valence-electron chi connectivity index (χ4n) is 2.75. The molecule has 1 saturated heterocycles. The minimum absolute atomic E-state index is 0.0653. The van der Waals surface area contributed by atoms with Crippen LogP contribution in [0.3, 0.4) is 0 Å². The van der Waals surface area contributed by atoms with Gasteiger partial charge in [-0.25, -0.2) is 0 Å². The predicted molar refractivity (Wildman–Crippen MR) is 80.4 cm³/mol. The molecular formula is C16H31NO3. The molecule has 1 rings (SSSR count). The van der Waals surface area contributed by atoms with Crippen LogP contribution in [0.5, 0.6) is 0 Å². The minimum atomic E-state index is -0.559. The summed E-state index contributed by atoms with van der Waals surface area (Å²) in [4.78, 5) is 11.8. The third-order valence-corrected chi connectivity index (χ3v) is 4.02. The van der Waals surface area contributed by atoms with E-state index >= 15 is 0 Å². The van der Waals surface area contributed by atoms with E-state index in [1.165, 1.54) is 0 Å². The number of rotatable bonds is 5. The quantitative estimate of drug-likeness (QED) is 0.815. The van der Waals surface area contributed by atoms with Gasteiger partial charge in [-0.2, -0.15) is 0 Å². The highest BCUT2D eigenvalue weighted by molar-refractivity contribution is 5.76. The van der Waals surface area contributed by atoms with Gasteiger partial charge < -0.3 is 15.2 Å². The molecule has 0 bridgehead atoms. The standard InChI is InChI=1S/C16H31NO3/c1-11(2)13(18)9-14(19)17-10-12-7-6-8-20-15(12)16(3,4)5/h11-13,15,18H,6-10H2,1-5H3,(H,17,19). The van der Waals surface area contributed by atoms with E-state index < -0.39 is 6.10 Å². The van der Waals surface area contributed by atoms with Crippen LogP contribution in [0.25, 0.3) is 0 Å². The summed E-state index contributed by atoms with van der Waals surface area (Å²) in [5.41, 5.74) is 0.0905. The van der Waals surface area contributed by atoms with Crippen LogP contribution in [0.4, 0.5) is 0 Å². The lowest BCUT2D eigenvalue weighted by Crippen LogP contribution is -2.45. The topological polar surface area (TPSA) is 58.6 Å². The Morgan fingerprint density at radius 3 is 2.60 bits per heavy atom. The molecule has 1 fully saturated rings. The zero-order chi connectivity index (χ0) is 15.3. The summed E-state index contributed by atoms with van der Waals surface area (Å²) >= 11 is 0. The SMILES string of the molecule is CC(C)C(O)CC(=O)NCC1CCCOC1C(C)(C)C. The van der Waals surface area contributed by atoms with E-state index in [1.807, 2.05) is 13.8 Å². The van der Waals surface area contributed by atoms with Crippen molar-refractivity contribution in [1.82, 2.24) is 5.32 Å². The van der Waals surface area contributed by atoms with Crippen LogP contribution in [-0.2, 0) is 9.53 Å². The molecule has 20 heavy (non-hydrogen) atoms. The molecule has 1 amide bonds. The second-order valence-electron chi connectivity index (χ2n) is 7.38. The van der Waals surface area contributed by atoms with E-state index in [9.17, 15) is 9.90 Å². The number of amides is 1. The maximum Gasteiger partial charge on any atom is 0.222 e. The lowest BCUT2D eigenvalue weighted by atomic mass is 9.78. The highest BCUT2D eigenvalue weighted by Crippen LogP contribution is 2.33. The van der Waals surface area contributed by atoms with Gasteiger partial charge in [0.15, 0.2) is 0 Å². The zero-order valence-electron chi connectivity index (χ0n) is 13.6.